The Morgan fingerprint density at radius 3 is 2.46 bits per heavy atom. The average Bonchev–Trinajstić information content (AvgIpc) is 3.25. The van der Waals surface area contributed by atoms with Crippen molar-refractivity contribution < 1.29 is 48.0 Å². The summed E-state index contributed by atoms with van der Waals surface area (Å²) in [7, 11) is 0. The summed E-state index contributed by atoms with van der Waals surface area (Å²) < 4.78 is 40.7. The van der Waals surface area contributed by atoms with Gasteiger partial charge in [-0.05, 0) is 112 Å². The molecule has 6 atom stereocenters. The zero-order chi connectivity index (χ0) is 43.6. The number of nitrogens with zero attached hydrogens (tertiary/aromatic N) is 2. The Morgan fingerprint density at radius 1 is 1.03 bits per heavy atom. The van der Waals surface area contributed by atoms with Gasteiger partial charge in [0.2, 0.25) is 5.79 Å². The van der Waals surface area contributed by atoms with Crippen molar-refractivity contribution >= 4 is 29.7 Å². The molecule has 3 aliphatic rings. The fourth-order valence-electron chi connectivity index (χ4n) is 8.99. The number of aliphatic hydroxyl groups is 2. The van der Waals surface area contributed by atoms with Gasteiger partial charge in [-0.2, -0.15) is 0 Å². The number of aldehydes is 1. The first-order valence-electron chi connectivity index (χ1n) is 21.2. The lowest BCUT2D eigenvalue weighted by Gasteiger charge is -2.60. The molecule has 6 rings (SSSR count). The number of carbonyl (C=O) groups excluding carboxylic acids is 2. The van der Waals surface area contributed by atoms with Crippen LogP contribution in [0.3, 0.4) is 0 Å². The Morgan fingerprint density at radius 2 is 1.77 bits per heavy atom. The number of allylic oxidation sites excluding steroid dienone is 1. The Bertz CT molecular complexity index is 2040. The van der Waals surface area contributed by atoms with Crippen LogP contribution in [0.4, 0.5) is 9.18 Å². The summed E-state index contributed by atoms with van der Waals surface area (Å²) in [4.78, 5) is 33.9. The van der Waals surface area contributed by atoms with Crippen LogP contribution < -0.4 is 9.47 Å². The number of rotatable bonds is 20. The van der Waals surface area contributed by atoms with Gasteiger partial charge in [-0.15, -0.1) is 18.2 Å². The van der Waals surface area contributed by atoms with E-state index in [4.69, 9.17) is 40.5 Å². The van der Waals surface area contributed by atoms with Gasteiger partial charge in [-0.1, -0.05) is 54.4 Å². The molecule has 1 aliphatic heterocycles. The highest BCUT2D eigenvalue weighted by Crippen LogP contribution is 2.62. The first-order chi connectivity index (χ1) is 29.4. The summed E-state index contributed by atoms with van der Waals surface area (Å²) in [5, 5.41) is 24.7. The molecule has 0 unspecified atom stereocenters. The lowest BCUT2D eigenvalue weighted by molar-refractivity contribution is -0.256. The van der Waals surface area contributed by atoms with E-state index >= 15 is 0 Å². The molecule has 2 aliphatic carbocycles. The number of hydrogen-bond acceptors (Lipinski definition) is 10. The van der Waals surface area contributed by atoms with Crippen molar-refractivity contribution in [3.8, 4) is 17.2 Å². The molecule has 2 N–H and O–H groups in total. The molecule has 61 heavy (non-hydrogen) atoms. The third-order valence-corrected chi connectivity index (χ3v) is 11.6. The summed E-state index contributed by atoms with van der Waals surface area (Å²) in [6, 6.07) is 17.6. The quantitative estimate of drug-likeness (QED) is 0.0374. The molecular formula is C48H58ClFN2O9. The molecule has 0 radical (unpaired) electrons. The highest BCUT2D eigenvalue weighted by atomic mass is 35.5. The Hall–Kier alpha value is -4.75. The number of ether oxygens (including phenoxy) is 4. The Balaban J connectivity index is 1.62. The summed E-state index contributed by atoms with van der Waals surface area (Å²) in [6.45, 7) is 9.89. The minimum Gasteiger partial charge on any atom is -0.459 e. The summed E-state index contributed by atoms with van der Waals surface area (Å²) in [6.07, 6.45) is 8.46. The zero-order valence-electron chi connectivity index (χ0n) is 35.3. The van der Waals surface area contributed by atoms with Gasteiger partial charge in [0, 0.05) is 43.2 Å². The van der Waals surface area contributed by atoms with Gasteiger partial charge in [0.05, 0.1) is 24.1 Å². The molecular weight excluding hydrogens is 803 g/mol. The maximum Gasteiger partial charge on any atom is 0.410 e. The van der Waals surface area contributed by atoms with Crippen LogP contribution in [-0.2, 0) is 20.9 Å². The number of unbranched alkanes of at least 4 members (excludes halogenated alkanes) is 2. The second-order valence-electron chi connectivity index (χ2n) is 16.8. The van der Waals surface area contributed by atoms with Crippen molar-refractivity contribution in [3.05, 3.63) is 114 Å². The predicted molar refractivity (Wildman–Crippen MR) is 232 cm³/mol. The average molecular weight is 861 g/mol. The van der Waals surface area contributed by atoms with Crippen LogP contribution in [0, 0.1) is 23.6 Å². The smallest absolute Gasteiger partial charge is 0.410 e. The van der Waals surface area contributed by atoms with Crippen molar-refractivity contribution in [3.63, 3.8) is 0 Å². The molecule has 1 amide bonds. The fourth-order valence-corrected chi connectivity index (χ4v) is 9.07. The van der Waals surface area contributed by atoms with Crippen LogP contribution in [0.5, 0.6) is 17.2 Å². The van der Waals surface area contributed by atoms with Gasteiger partial charge in [-0.3, -0.25) is 9.69 Å². The lowest BCUT2D eigenvalue weighted by atomic mass is 9.55. The molecule has 0 bridgehead atoms. The van der Waals surface area contributed by atoms with Gasteiger partial charge in [-0.25, -0.2) is 9.18 Å². The van der Waals surface area contributed by atoms with E-state index in [0.29, 0.717) is 46.9 Å². The molecule has 0 aromatic heterocycles. The van der Waals surface area contributed by atoms with Crippen LogP contribution in [0.25, 0.3) is 0 Å². The summed E-state index contributed by atoms with van der Waals surface area (Å²) in [5.41, 5.74) is 2.82. The van der Waals surface area contributed by atoms with Gasteiger partial charge < -0.3 is 34.0 Å². The van der Waals surface area contributed by atoms with Crippen molar-refractivity contribution in [1.82, 2.24) is 4.90 Å². The van der Waals surface area contributed by atoms with Gasteiger partial charge in [0.25, 0.3) is 0 Å². The largest absolute Gasteiger partial charge is 0.459 e. The van der Waals surface area contributed by atoms with E-state index in [1.54, 1.807) is 53.4 Å². The number of hydrogen-bond donors (Lipinski definition) is 2. The maximum absolute atomic E-state index is 14.5. The van der Waals surface area contributed by atoms with Gasteiger partial charge >= 0.3 is 6.09 Å². The minimum absolute atomic E-state index is 0.0128. The predicted octanol–water partition coefficient (Wildman–Crippen LogP) is 9.74. The molecule has 0 saturated heterocycles. The molecule has 11 nitrogen and oxygen atoms in total. The summed E-state index contributed by atoms with van der Waals surface area (Å²) in [5.74, 6) is -1.24. The van der Waals surface area contributed by atoms with E-state index < -0.39 is 35.3 Å². The highest BCUT2D eigenvalue weighted by molar-refractivity contribution is 6.18. The third-order valence-electron chi connectivity index (χ3n) is 11.5. The molecule has 1 heterocycles. The Labute approximate surface area is 363 Å². The molecule has 13 heteroatoms. The molecule has 0 spiro atoms. The monoisotopic (exact) mass is 860 g/mol. The Kier molecular flexibility index (Phi) is 15.7. The molecule has 328 valence electrons. The third kappa shape index (κ3) is 10.8. The van der Waals surface area contributed by atoms with Crippen molar-refractivity contribution in [1.29, 1.82) is 0 Å². The number of aliphatic hydroxyl groups excluding tert-OH is 2. The van der Waals surface area contributed by atoms with E-state index in [1.807, 2.05) is 32.9 Å². The number of fused-ring (bicyclic) bond motifs is 2. The second-order valence-corrected chi connectivity index (χ2v) is 17.2. The zero-order valence-corrected chi connectivity index (χ0v) is 36.0. The van der Waals surface area contributed by atoms with E-state index in [2.05, 4.69) is 12.7 Å². The topological polar surface area (TPSA) is 136 Å². The van der Waals surface area contributed by atoms with Crippen LogP contribution in [0.1, 0.15) is 93.1 Å². The van der Waals surface area contributed by atoms with Crippen LogP contribution >= 0.6 is 11.6 Å². The van der Waals surface area contributed by atoms with E-state index in [-0.39, 0.29) is 63.0 Å². The number of oxime groups is 1. The molecule has 1 fully saturated rings. The number of carbonyl (C=O) groups is 2. The van der Waals surface area contributed by atoms with Crippen LogP contribution in [-0.4, -0.2) is 82.9 Å². The normalized spacial score (nSPS) is 23.5. The molecule has 3 aromatic rings. The van der Waals surface area contributed by atoms with E-state index in [0.717, 1.165) is 43.1 Å². The molecule has 1 saturated carbocycles. The standard InChI is InChI=1S/C48H58ClFN2O9/c1-5-24-58-48-43(52(46(56)57-25-21-49)30-32-15-17-35(50)18-16-32)29-41(51-61-47(2,3)4)39-27-34(12-6-8-22-53)38(14-7-9-23-54)44(45(39)48)40-28-37(19-20-42(40)60-48)59-36-13-10-11-33(26-36)31-55/h5,10-11,13,15-20,26-28,31,34,38,43-45,53-54H,1,6-9,12,14,21-25,29-30H2,2-4H3/t34-,38+,43-,44+,45+,48+/m0/s1. The lowest BCUT2D eigenvalue weighted by Crippen LogP contribution is -2.70. The molecule has 3 aromatic carbocycles. The first-order valence-corrected chi connectivity index (χ1v) is 21.7. The number of alkyl halides is 1. The maximum atomic E-state index is 14.5. The van der Waals surface area contributed by atoms with Crippen molar-refractivity contribution in [2.75, 3.05) is 32.3 Å². The van der Waals surface area contributed by atoms with Crippen molar-refractivity contribution in [2.45, 2.75) is 95.6 Å². The van der Waals surface area contributed by atoms with Gasteiger partial charge in [0.1, 0.15) is 47.6 Å². The van der Waals surface area contributed by atoms with Crippen LogP contribution in [0.2, 0.25) is 0 Å². The van der Waals surface area contributed by atoms with E-state index in [9.17, 15) is 24.2 Å². The first kappa shape index (κ1) is 45.8. The SMILES string of the molecule is C=CCO[C@@]12Oc3ccc(Oc4cccc(C=O)c4)cc3[C@H]3[C@H](CCCCO)[C@@H](CCCCO)C=C(C(=NOC(C)(C)C)C[C@@H]1N(Cc1ccc(F)cc1)C(=O)OCCCl)[C@H]32. The van der Waals surface area contributed by atoms with Gasteiger partial charge in [0.15, 0.2) is 0 Å². The van der Waals surface area contributed by atoms with Crippen molar-refractivity contribution in [2.24, 2.45) is 22.9 Å². The number of benzene rings is 3. The number of halogens is 2. The highest BCUT2D eigenvalue weighted by Gasteiger charge is 2.65. The second kappa shape index (κ2) is 20.9. The fraction of sp³-hybridized carbons (Fsp3) is 0.479. The summed E-state index contributed by atoms with van der Waals surface area (Å²) >= 11 is 6.06. The van der Waals surface area contributed by atoms with E-state index in [1.165, 1.54) is 12.1 Å². The van der Waals surface area contributed by atoms with Crippen LogP contribution in [0.15, 0.2) is 96.2 Å². The minimum atomic E-state index is -1.55. The number of amides is 1.